The van der Waals surface area contributed by atoms with Gasteiger partial charge in [-0.1, -0.05) is 11.6 Å². The van der Waals surface area contributed by atoms with Crippen LogP contribution in [0, 0.1) is 0 Å². The van der Waals surface area contributed by atoms with Gasteiger partial charge >= 0.3 is 6.61 Å². The van der Waals surface area contributed by atoms with Gasteiger partial charge in [0.25, 0.3) is 0 Å². The summed E-state index contributed by atoms with van der Waals surface area (Å²) >= 11 is 11.1. The van der Waals surface area contributed by atoms with Crippen LogP contribution in [0.15, 0.2) is 36.4 Å². The van der Waals surface area contributed by atoms with Crippen LogP contribution in [0.3, 0.4) is 0 Å². The zero-order valence-electron chi connectivity index (χ0n) is 12.0. The molecule has 0 bridgehead atoms. The number of nitrogens with one attached hydrogen (secondary N) is 2. The van der Waals surface area contributed by atoms with Crippen molar-refractivity contribution in [2.45, 2.75) is 6.61 Å². The molecule has 0 amide bonds. The number of hydrogen-bond donors (Lipinski definition) is 2. The number of benzene rings is 2. The minimum Gasteiger partial charge on any atom is -0.454 e. The van der Waals surface area contributed by atoms with Gasteiger partial charge in [0.1, 0.15) is 5.75 Å². The van der Waals surface area contributed by atoms with E-state index in [0.29, 0.717) is 28.0 Å². The summed E-state index contributed by atoms with van der Waals surface area (Å²) < 4.78 is 39.2. The molecule has 1 heterocycles. The predicted molar refractivity (Wildman–Crippen MR) is 90.5 cm³/mol. The Balaban J connectivity index is 1.63. The number of ether oxygens (including phenoxy) is 3. The monoisotopic (exact) mass is 372 g/mol. The molecule has 9 heteroatoms. The minimum absolute atomic E-state index is 0.0474. The third-order valence-corrected chi connectivity index (χ3v) is 3.54. The maximum atomic E-state index is 12.2. The fourth-order valence-electron chi connectivity index (χ4n) is 2.04. The predicted octanol–water partition coefficient (Wildman–Crippen LogP) is 4.48. The van der Waals surface area contributed by atoms with E-state index in [9.17, 15) is 8.78 Å². The van der Waals surface area contributed by atoms with Crippen LogP contribution in [0.4, 0.5) is 20.2 Å². The average Bonchev–Trinajstić information content (AvgIpc) is 2.97. The lowest BCUT2D eigenvalue weighted by atomic mass is 10.3. The van der Waals surface area contributed by atoms with Gasteiger partial charge < -0.3 is 24.8 Å². The van der Waals surface area contributed by atoms with Crippen LogP contribution in [0.25, 0.3) is 0 Å². The van der Waals surface area contributed by atoms with Gasteiger partial charge in [0, 0.05) is 17.4 Å². The molecule has 24 heavy (non-hydrogen) atoms. The fourth-order valence-corrected chi connectivity index (χ4v) is 2.50. The van der Waals surface area contributed by atoms with Crippen molar-refractivity contribution in [2.75, 3.05) is 17.4 Å². The van der Waals surface area contributed by atoms with Crippen molar-refractivity contribution >= 4 is 40.3 Å². The largest absolute Gasteiger partial charge is 0.454 e. The average molecular weight is 373 g/mol. The summed E-state index contributed by atoms with van der Waals surface area (Å²) in [6.45, 7) is -2.75. The molecule has 0 unspecified atom stereocenters. The number of hydrogen-bond acceptors (Lipinski definition) is 4. The number of anilines is 2. The second kappa shape index (κ2) is 7.06. The van der Waals surface area contributed by atoms with Gasteiger partial charge in [-0.05, 0) is 42.5 Å². The smallest absolute Gasteiger partial charge is 0.387 e. The molecule has 2 aromatic rings. The summed E-state index contributed by atoms with van der Waals surface area (Å²) in [5.74, 6) is 1.19. The van der Waals surface area contributed by atoms with Gasteiger partial charge in [0.15, 0.2) is 16.6 Å². The van der Waals surface area contributed by atoms with Crippen molar-refractivity contribution in [1.29, 1.82) is 0 Å². The van der Waals surface area contributed by atoms with Crippen molar-refractivity contribution in [1.82, 2.24) is 0 Å². The fraction of sp³-hybridized carbons (Fsp3) is 0.133. The second-order valence-electron chi connectivity index (χ2n) is 4.67. The van der Waals surface area contributed by atoms with Gasteiger partial charge in [0.2, 0.25) is 6.79 Å². The van der Waals surface area contributed by atoms with Gasteiger partial charge in [-0.15, -0.1) is 0 Å². The molecule has 0 spiro atoms. The molecular weight excluding hydrogens is 362 g/mol. The van der Waals surface area contributed by atoms with E-state index in [1.54, 1.807) is 18.2 Å². The summed E-state index contributed by atoms with van der Waals surface area (Å²) in [5, 5.41) is 6.22. The van der Waals surface area contributed by atoms with Gasteiger partial charge in [-0.2, -0.15) is 8.78 Å². The molecule has 5 nitrogen and oxygen atoms in total. The topological polar surface area (TPSA) is 51.8 Å². The Hall–Kier alpha value is -2.32. The summed E-state index contributed by atoms with van der Waals surface area (Å²) in [4.78, 5) is 0. The van der Waals surface area contributed by atoms with E-state index in [-0.39, 0.29) is 17.6 Å². The van der Waals surface area contributed by atoms with Crippen LogP contribution in [-0.2, 0) is 0 Å². The van der Waals surface area contributed by atoms with E-state index < -0.39 is 6.61 Å². The summed E-state index contributed by atoms with van der Waals surface area (Å²) in [5.41, 5.74) is 1.24. The van der Waals surface area contributed by atoms with E-state index in [1.807, 2.05) is 0 Å². The van der Waals surface area contributed by atoms with Crippen molar-refractivity contribution < 1.29 is 23.0 Å². The highest BCUT2D eigenvalue weighted by molar-refractivity contribution is 7.80. The number of halogens is 3. The molecule has 1 aliphatic heterocycles. The van der Waals surface area contributed by atoms with Crippen molar-refractivity contribution in [3.63, 3.8) is 0 Å². The second-order valence-corrected chi connectivity index (χ2v) is 5.49. The van der Waals surface area contributed by atoms with Crippen LogP contribution >= 0.6 is 23.8 Å². The van der Waals surface area contributed by atoms with E-state index in [2.05, 4.69) is 15.4 Å². The van der Waals surface area contributed by atoms with Gasteiger partial charge in [-0.3, -0.25) is 0 Å². The Kier molecular flexibility index (Phi) is 4.86. The molecule has 0 atom stereocenters. The van der Waals surface area contributed by atoms with Crippen LogP contribution < -0.4 is 24.8 Å². The number of rotatable bonds is 4. The standard InChI is InChI=1S/C15H11ClF2N2O3S/c16-10-5-8(1-3-11(10)23-14(17)18)19-15(24)20-9-2-4-12-13(6-9)22-7-21-12/h1-6,14H,7H2,(H2,19,20,24). The Morgan fingerprint density at radius 1 is 1.08 bits per heavy atom. The first-order valence-corrected chi connectivity index (χ1v) is 7.52. The minimum atomic E-state index is -2.94. The lowest BCUT2D eigenvalue weighted by molar-refractivity contribution is -0.0497. The Labute approximate surface area is 146 Å². The molecule has 0 fully saturated rings. The highest BCUT2D eigenvalue weighted by Gasteiger charge is 2.14. The van der Waals surface area contributed by atoms with E-state index >= 15 is 0 Å². The first-order chi connectivity index (χ1) is 11.5. The highest BCUT2D eigenvalue weighted by Crippen LogP contribution is 2.34. The van der Waals surface area contributed by atoms with Crippen LogP contribution in [-0.4, -0.2) is 18.5 Å². The SMILES string of the molecule is FC(F)Oc1ccc(NC(=S)Nc2ccc3c(c2)OCO3)cc1Cl. The van der Waals surface area contributed by atoms with Crippen LogP contribution in [0.2, 0.25) is 5.02 Å². The number of alkyl halides is 2. The summed E-state index contributed by atoms with van der Waals surface area (Å²) in [7, 11) is 0. The molecule has 0 saturated carbocycles. The number of fused-ring (bicyclic) bond motifs is 1. The zero-order chi connectivity index (χ0) is 17.1. The first-order valence-electron chi connectivity index (χ1n) is 6.73. The summed E-state index contributed by atoms with van der Waals surface area (Å²) in [6, 6.07) is 9.60. The van der Waals surface area contributed by atoms with Crippen LogP contribution in [0.1, 0.15) is 0 Å². The molecule has 0 radical (unpaired) electrons. The zero-order valence-corrected chi connectivity index (χ0v) is 13.6. The molecule has 0 aromatic heterocycles. The van der Waals surface area contributed by atoms with E-state index in [0.717, 1.165) is 0 Å². The van der Waals surface area contributed by atoms with E-state index in [4.69, 9.17) is 33.3 Å². The maximum Gasteiger partial charge on any atom is 0.387 e. The van der Waals surface area contributed by atoms with Crippen molar-refractivity contribution in [2.24, 2.45) is 0 Å². The maximum absolute atomic E-state index is 12.2. The Morgan fingerprint density at radius 3 is 2.46 bits per heavy atom. The summed E-state index contributed by atoms with van der Waals surface area (Å²) in [6.07, 6.45) is 0. The lowest BCUT2D eigenvalue weighted by Gasteiger charge is -2.12. The molecular formula is C15H11ClF2N2O3S. The van der Waals surface area contributed by atoms with Crippen LogP contribution in [0.5, 0.6) is 17.2 Å². The van der Waals surface area contributed by atoms with Gasteiger partial charge in [-0.25, -0.2) is 0 Å². The van der Waals surface area contributed by atoms with Crippen molar-refractivity contribution in [3.8, 4) is 17.2 Å². The quantitative estimate of drug-likeness (QED) is 0.772. The lowest BCUT2D eigenvalue weighted by Crippen LogP contribution is -2.19. The highest BCUT2D eigenvalue weighted by atomic mass is 35.5. The van der Waals surface area contributed by atoms with E-state index in [1.165, 1.54) is 18.2 Å². The normalized spacial score (nSPS) is 12.2. The Bertz CT molecular complexity index is 776. The molecule has 126 valence electrons. The third kappa shape index (κ3) is 3.95. The first kappa shape index (κ1) is 16.5. The molecule has 3 rings (SSSR count). The molecule has 0 saturated heterocycles. The molecule has 0 aliphatic carbocycles. The third-order valence-electron chi connectivity index (χ3n) is 3.04. The molecule has 1 aliphatic rings. The molecule has 2 aromatic carbocycles. The molecule has 2 N–H and O–H groups in total. The Morgan fingerprint density at radius 2 is 1.75 bits per heavy atom. The van der Waals surface area contributed by atoms with Crippen molar-refractivity contribution in [3.05, 3.63) is 41.4 Å². The number of thiocarbonyl (C=S) groups is 1. The van der Waals surface area contributed by atoms with Gasteiger partial charge in [0.05, 0.1) is 5.02 Å².